The molecule has 23 heavy (non-hydrogen) atoms. The van der Waals surface area contributed by atoms with Gasteiger partial charge in [0.2, 0.25) is 6.04 Å². The van der Waals surface area contributed by atoms with Crippen LogP contribution in [0.4, 0.5) is 0 Å². The van der Waals surface area contributed by atoms with E-state index in [-0.39, 0.29) is 12.1 Å². The number of rotatable bonds is 8. The Balaban J connectivity index is 2.79. The van der Waals surface area contributed by atoms with E-state index < -0.39 is 28.5 Å². The summed E-state index contributed by atoms with van der Waals surface area (Å²) in [6.07, 6.45) is 3.17. The summed E-state index contributed by atoms with van der Waals surface area (Å²) in [5.41, 5.74) is -0.186. The van der Waals surface area contributed by atoms with Crippen LogP contribution in [0.15, 0.2) is 40.0 Å². The highest BCUT2D eigenvalue weighted by atomic mass is 16.6. The normalized spacial score (nSPS) is 13.9. The minimum Gasteiger partial charge on any atom is -0.349 e. The Morgan fingerprint density at radius 3 is 2.78 bits per heavy atom. The number of hydrogen-bond acceptors (Lipinski definition) is 6. The van der Waals surface area contributed by atoms with Gasteiger partial charge < -0.3 is 10.3 Å². The van der Waals surface area contributed by atoms with Crippen LogP contribution in [0.2, 0.25) is 0 Å². The second kappa shape index (κ2) is 8.57. The number of H-pyrrole nitrogens is 1. The van der Waals surface area contributed by atoms with Gasteiger partial charge in [-0.1, -0.05) is 12.1 Å². The highest BCUT2D eigenvalue weighted by Crippen LogP contribution is 2.12. The molecule has 124 valence electrons. The molecule has 0 bridgehead atoms. The molecule has 0 saturated heterocycles. The van der Waals surface area contributed by atoms with Gasteiger partial charge in [-0.3, -0.25) is 19.7 Å². The molecule has 1 heterocycles. The van der Waals surface area contributed by atoms with Crippen molar-refractivity contribution in [2.24, 2.45) is 5.18 Å². The third-order valence-electron chi connectivity index (χ3n) is 3.34. The predicted molar refractivity (Wildman–Crippen MR) is 83.8 cm³/mol. The highest BCUT2D eigenvalue weighted by molar-refractivity contribution is 5.93. The number of nitroso groups, excluding NO2 is 1. The number of aromatic amines is 1. The Bertz CT molecular complexity index is 667. The molecule has 0 fully saturated rings. The van der Waals surface area contributed by atoms with Crippen molar-refractivity contribution in [3.05, 3.63) is 60.9 Å². The van der Waals surface area contributed by atoms with Crippen molar-refractivity contribution in [2.75, 3.05) is 6.54 Å². The summed E-state index contributed by atoms with van der Waals surface area (Å²) in [5, 5.41) is 16.1. The fourth-order valence-corrected chi connectivity index (χ4v) is 1.95. The zero-order chi connectivity index (χ0) is 17.4. The van der Waals surface area contributed by atoms with Gasteiger partial charge in [0.15, 0.2) is 0 Å². The molecule has 1 amide bonds. The molecule has 9 heteroatoms. The first-order chi connectivity index (χ1) is 10.9. The molecule has 0 saturated carbocycles. The zero-order valence-electron chi connectivity index (χ0n) is 12.8. The van der Waals surface area contributed by atoms with Gasteiger partial charge in [-0.2, -0.15) is 4.91 Å². The summed E-state index contributed by atoms with van der Waals surface area (Å²) in [6, 6.07) is 0.968. The Morgan fingerprint density at radius 2 is 2.26 bits per heavy atom. The Morgan fingerprint density at radius 1 is 1.57 bits per heavy atom. The Hall–Kier alpha value is -2.84. The van der Waals surface area contributed by atoms with Crippen molar-refractivity contribution in [1.82, 2.24) is 10.3 Å². The molecule has 0 aliphatic rings. The third kappa shape index (κ3) is 5.13. The maximum atomic E-state index is 11.9. The van der Waals surface area contributed by atoms with Crippen LogP contribution in [0.5, 0.6) is 0 Å². The molecule has 0 aromatic carbocycles. The summed E-state index contributed by atoms with van der Waals surface area (Å²) in [4.78, 5) is 46.9. The first-order valence-electron chi connectivity index (χ1n) is 7.03. The van der Waals surface area contributed by atoms with E-state index in [1.54, 1.807) is 6.92 Å². The van der Waals surface area contributed by atoms with Gasteiger partial charge >= 0.3 is 0 Å². The summed E-state index contributed by atoms with van der Waals surface area (Å²) < 4.78 is 0. The monoisotopic (exact) mass is 322 g/mol. The van der Waals surface area contributed by atoms with Crippen LogP contribution >= 0.6 is 0 Å². The SMILES string of the molecule is CCC(=CC(CNC(=O)c1ccc[nH]c1=O)N=O)C(C)[N+](=O)[O-]. The first kappa shape index (κ1) is 18.2. The van der Waals surface area contributed by atoms with Crippen LogP contribution in [0.1, 0.15) is 30.6 Å². The van der Waals surface area contributed by atoms with Crippen LogP contribution < -0.4 is 10.9 Å². The van der Waals surface area contributed by atoms with E-state index in [2.05, 4.69) is 15.5 Å². The van der Waals surface area contributed by atoms with Gasteiger partial charge in [0.05, 0.1) is 0 Å². The lowest BCUT2D eigenvalue weighted by Crippen LogP contribution is -2.34. The summed E-state index contributed by atoms with van der Waals surface area (Å²) >= 11 is 0. The van der Waals surface area contributed by atoms with Crippen LogP contribution in [-0.4, -0.2) is 34.4 Å². The van der Waals surface area contributed by atoms with Crippen molar-refractivity contribution >= 4 is 5.91 Å². The number of pyridine rings is 1. The minimum atomic E-state index is -0.945. The lowest BCUT2D eigenvalue weighted by molar-refractivity contribution is -0.508. The van der Waals surface area contributed by atoms with E-state index in [1.807, 2.05) is 0 Å². The van der Waals surface area contributed by atoms with Crippen LogP contribution in [0.3, 0.4) is 0 Å². The highest BCUT2D eigenvalue weighted by Gasteiger charge is 2.20. The second-order valence-corrected chi connectivity index (χ2v) is 4.85. The largest absolute Gasteiger partial charge is 0.349 e. The Kier molecular flexibility index (Phi) is 6.78. The van der Waals surface area contributed by atoms with Crippen molar-refractivity contribution in [1.29, 1.82) is 0 Å². The van der Waals surface area contributed by atoms with Crippen molar-refractivity contribution in [2.45, 2.75) is 32.4 Å². The predicted octanol–water partition coefficient (Wildman–Crippen LogP) is 1.24. The quantitative estimate of drug-likeness (QED) is 0.321. The number of nitrogens with zero attached hydrogens (tertiary/aromatic N) is 2. The standard InChI is InChI=1S/C14H18N4O5/c1-3-10(9(2)18(22)23)7-11(17-21)8-16-14(20)12-5-4-6-15-13(12)19/h4-7,9,11H,3,8H2,1-2H3,(H,15,19)(H,16,20). The zero-order valence-corrected chi connectivity index (χ0v) is 12.8. The van der Waals surface area contributed by atoms with E-state index in [9.17, 15) is 24.6 Å². The molecule has 1 aromatic rings. The van der Waals surface area contributed by atoms with E-state index in [0.717, 1.165) is 0 Å². The first-order valence-corrected chi connectivity index (χ1v) is 7.03. The number of nitro groups is 1. The molecule has 2 atom stereocenters. The maximum Gasteiger partial charge on any atom is 0.260 e. The van der Waals surface area contributed by atoms with Crippen molar-refractivity contribution in [3.63, 3.8) is 0 Å². The number of amides is 1. The van der Waals surface area contributed by atoms with Crippen molar-refractivity contribution in [3.8, 4) is 0 Å². The van der Waals surface area contributed by atoms with Gasteiger partial charge in [-0.05, 0) is 24.6 Å². The van der Waals surface area contributed by atoms with Gasteiger partial charge in [0, 0.05) is 30.2 Å². The average molecular weight is 322 g/mol. The molecule has 1 aromatic heterocycles. The second-order valence-electron chi connectivity index (χ2n) is 4.85. The van der Waals surface area contributed by atoms with E-state index >= 15 is 0 Å². The number of hydrogen-bond donors (Lipinski definition) is 2. The average Bonchev–Trinajstić information content (AvgIpc) is 2.54. The van der Waals surface area contributed by atoms with E-state index in [1.165, 1.54) is 31.3 Å². The molecule has 2 unspecified atom stereocenters. The molecule has 0 aliphatic carbocycles. The van der Waals surface area contributed by atoms with Crippen LogP contribution in [0, 0.1) is 15.0 Å². The summed E-state index contributed by atoms with van der Waals surface area (Å²) in [5.74, 6) is -0.644. The summed E-state index contributed by atoms with van der Waals surface area (Å²) in [7, 11) is 0. The lowest BCUT2D eigenvalue weighted by Gasteiger charge is -2.11. The fraction of sp³-hybridized carbons (Fsp3) is 0.429. The van der Waals surface area contributed by atoms with Gasteiger partial charge in [-0.25, -0.2) is 0 Å². The van der Waals surface area contributed by atoms with Crippen LogP contribution in [0.25, 0.3) is 0 Å². The third-order valence-corrected chi connectivity index (χ3v) is 3.34. The van der Waals surface area contributed by atoms with E-state index in [0.29, 0.717) is 12.0 Å². The minimum absolute atomic E-state index is 0.0875. The molecular weight excluding hydrogens is 304 g/mol. The smallest absolute Gasteiger partial charge is 0.260 e. The molecule has 2 N–H and O–H groups in total. The number of carbonyl (C=O) groups is 1. The molecule has 9 nitrogen and oxygen atoms in total. The molecular formula is C14H18N4O5. The van der Waals surface area contributed by atoms with Crippen molar-refractivity contribution < 1.29 is 9.72 Å². The van der Waals surface area contributed by atoms with Gasteiger partial charge in [0.1, 0.15) is 11.6 Å². The summed E-state index contributed by atoms with van der Waals surface area (Å²) in [6.45, 7) is 3.00. The van der Waals surface area contributed by atoms with Gasteiger partial charge in [0.25, 0.3) is 11.5 Å². The number of carbonyl (C=O) groups excluding carboxylic acids is 1. The maximum absolute atomic E-state index is 11.9. The molecule has 0 radical (unpaired) electrons. The van der Waals surface area contributed by atoms with Crippen LogP contribution in [-0.2, 0) is 0 Å². The number of aromatic nitrogens is 1. The topological polar surface area (TPSA) is 135 Å². The lowest BCUT2D eigenvalue weighted by atomic mass is 10.0. The molecule has 0 spiro atoms. The Labute approximate surface area is 131 Å². The molecule has 0 aliphatic heterocycles. The number of nitrogens with one attached hydrogen (secondary N) is 2. The fourth-order valence-electron chi connectivity index (χ4n) is 1.95. The molecule has 1 rings (SSSR count). The van der Waals surface area contributed by atoms with E-state index in [4.69, 9.17) is 0 Å². The van der Waals surface area contributed by atoms with Gasteiger partial charge in [-0.15, -0.1) is 0 Å².